The standard InChI is InChI=1S/C21H25N3O3/c25-20(18-8-9-22(16-18)15-17-5-2-1-3-6-17)23-10-12-24(13-11-23)21(26)19-7-4-14-27-19/h1-7,14,18H,8-13,15-16H2. The minimum atomic E-state index is -0.0954. The average molecular weight is 367 g/mol. The van der Waals surface area contributed by atoms with Crippen molar-refractivity contribution < 1.29 is 14.0 Å². The van der Waals surface area contributed by atoms with Crippen molar-refractivity contribution in [2.45, 2.75) is 13.0 Å². The fraction of sp³-hybridized carbons (Fsp3) is 0.429. The summed E-state index contributed by atoms with van der Waals surface area (Å²) in [6, 6.07) is 13.8. The third-order valence-corrected chi connectivity index (χ3v) is 5.48. The molecule has 2 aliphatic rings. The number of hydrogen-bond donors (Lipinski definition) is 0. The van der Waals surface area contributed by atoms with E-state index in [4.69, 9.17) is 4.42 Å². The second kappa shape index (κ2) is 7.96. The van der Waals surface area contributed by atoms with E-state index in [1.807, 2.05) is 11.0 Å². The van der Waals surface area contributed by atoms with Crippen LogP contribution >= 0.6 is 0 Å². The molecule has 0 aliphatic carbocycles. The highest BCUT2D eigenvalue weighted by Gasteiger charge is 2.33. The smallest absolute Gasteiger partial charge is 0.289 e. The van der Waals surface area contributed by atoms with Gasteiger partial charge in [-0.3, -0.25) is 14.5 Å². The lowest BCUT2D eigenvalue weighted by Crippen LogP contribution is -2.52. The van der Waals surface area contributed by atoms with E-state index in [1.165, 1.54) is 11.8 Å². The van der Waals surface area contributed by atoms with E-state index in [0.717, 1.165) is 26.1 Å². The summed E-state index contributed by atoms with van der Waals surface area (Å²) in [7, 11) is 0. The van der Waals surface area contributed by atoms with Crippen LogP contribution in [0.1, 0.15) is 22.5 Å². The molecule has 142 valence electrons. The van der Waals surface area contributed by atoms with Crippen molar-refractivity contribution in [2.75, 3.05) is 39.3 Å². The maximum atomic E-state index is 12.9. The molecule has 0 bridgehead atoms. The minimum Gasteiger partial charge on any atom is -0.459 e. The predicted molar refractivity (Wildman–Crippen MR) is 101 cm³/mol. The Bertz CT molecular complexity index is 767. The molecule has 6 nitrogen and oxygen atoms in total. The van der Waals surface area contributed by atoms with Crippen LogP contribution in [0.25, 0.3) is 0 Å². The maximum absolute atomic E-state index is 12.9. The van der Waals surface area contributed by atoms with Gasteiger partial charge in [0.2, 0.25) is 5.91 Å². The van der Waals surface area contributed by atoms with Crippen molar-refractivity contribution in [2.24, 2.45) is 5.92 Å². The molecule has 0 spiro atoms. The van der Waals surface area contributed by atoms with E-state index >= 15 is 0 Å². The van der Waals surface area contributed by atoms with Gasteiger partial charge in [-0.15, -0.1) is 0 Å². The van der Waals surface area contributed by atoms with Gasteiger partial charge in [-0.2, -0.15) is 0 Å². The van der Waals surface area contributed by atoms with Crippen LogP contribution in [-0.4, -0.2) is 65.8 Å². The van der Waals surface area contributed by atoms with Gasteiger partial charge in [0.25, 0.3) is 5.91 Å². The van der Waals surface area contributed by atoms with Crippen molar-refractivity contribution in [1.82, 2.24) is 14.7 Å². The van der Waals surface area contributed by atoms with E-state index in [9.17, 15) is 9.59 Å². The van der Waals surface area contributed by atoms with E-state index in [0.29, 0.717) is 31.9 Å². The van der Waals surface area contributed by atoms with E-state index in [2.05, 4.69) is 29.2 Å². The van der Waals surface area contributed by atoms with Crippen LogP contribution in [0.2, 0.25) is 0 Å². The first kappa shape index (κ1) is 17.8. The number of likely N-dealkylation sites (tertiary alicyclic amines) is 1. The molecule has 2 fully saturated rings. The van der Waals surface area contributed by atoms with Crippen LogP contribution in [0.4, 0.5) is 0 Å². The van der Waals surface area contributed by atoms with Crippen LogP contribution in [0, 0.1) is 5.92 Å². The van der Waals surface area contributed by atoms with E-state index in [1.54, 1.807) is 17.0 Å². The van der Waals surface area contributed by atoms with Crippen LogP contribution in [0.15, 0.2) is 53.1 Å². The normalized spacial score (nSPS) is 20.8. The molecule has 2 aliphatic heterocycles. The number of nitrogens with zero attached hydrogens (tertiary/aromatic N) is 3. The van der Waals surface area contributed by atoms with Crippen LogP contribution in [-0.2, 0) is 11.3 Å². The Morgan fingerprint density at radius 1 is 0.926 bits per heavy atom. The molecular weight excluding hydrogens is 342 g/mol. The molecule has 1 aromatic heterocycles. The third-order valence-electron chi connectivity index (χ3n) is 5.48. The van der Waals surface area contributed by atoms with Gasteiger partial charge in [-0.1, -0.05) is 30.3 Å². The quantitative estimate of drug-likeness (QED) is 0.830. The summed E-state index contributed by atoms with van der Waals surface area (Å²) in [5.74, 6) is 0.570. The molecule has 0 radical (unpaired) electrons. The molecule has 1 atom stereocenters. The Hall–Kier alpha value is -2.60. The van der Waals surface area contributed by atoms with Crippen molar-refractivity contribution in [1.29, 1.82) is 0 Å². The summed E-state index contributed by atoms with van der Waals surface area (Å²) >= 11 is 0. The minimum absolute atomic E-state index is 0.0704. The lowest BCUT2D eigenvalue weighted by molar-refractivity contribution is -0.136. The summed E-state index contributed by atoms with van der Waals surface area (Å²) in [6.07, 6.45) is 2.42. The first-order valence-corrected chi connectivity index (χ1v) is 9.58. The Morgan fingerprint density at radius 3 is 2.37 bits per heavy atom. The van der Waals surface area contributed by atoms with Crippen molar-refractivity contribution in [3.05, 3.63) is 60.1 Å². The van der Waals surface area contributed by atoms with Gasteiger partial charge < -0.3 is 14.2 Å². The molecule has 1 unspecified atom stereocenters. The molecule has 2 aromatic rings. The highest BCUT2D eigenvalue weighted by molar-refractivity contribution is 5.91. The van der Waals surface area contributed by atoms with Gasteiger partial charge in [-0.25, -0.2) is 0 Å². The molecule has 0 N–H and O–H groups in total. The molecule has 6 heteroatoms. The van der Waals surface area contributed by atoms with Gasteiger partial charge in [0.1, 0.15) is 0 Å². The molecule has 2 saturated heterocycles. The zero-order valence-electron chi connectivity index (χ0n) is 15.4. The molecule has 4 rings (SSSR count). The maximum Gasteiger partial charge on any atom is 0.289 e. The topological polar surface area (TPSA) is 57.0 Å². The highest BCUT2D eigenvalue weighted by Crippen LogP contribution is 2.22. The fourth-order valence-electron chi connectivity index (χ4n) is 3.96. The Labute approximate surface area is 159 Å². The van der Waals surface area contributed by atoms with Gasteiger partial charge in [0.15, 0.2) is 5.76 Å². The van der Waals surface area contributed by atoms with Crippen LogP contribution < -0.4 is 0 Å². The second-order valence-electron chi connectivity index (χ2n) is 7.30. The number of amides is 2. The summed E-state index contributed by atoms with van der Waals surface area (Å²) in [5.41, 5.74) is 1.29. The Balaban J connectivity index is 1.27. The molecule has 1 aromatic carbocycles. The van der Waals surface area contributed by atoms with Gasteiger partial charge in [0, 0.05) is 39.3 Å². The van der Waals surface area contributed by atoms with Crippen molar-refractivity contribution in [3.8, 4) is 0 Å². The Kier molecular flexibility index (Phi) is 5.25. The SMILES string of the molecule is O=C(c1ccco1)N1CCN(C(=O)C2CCN(Cc3ccccc3)C2)CC1. The molecule has 27 heavy (non-hydrogen) atoms. The average Bonchev–Trinajstić information content (AvgIpc) is 3.40. The van der Waals surface area contributed by atoms with Gasteiger partial charge in [0.05, 0.1) is 12.2 Å². The fourth-order valence-corrected chi connectivity index (χ4v) is 3.96. The molecule has 2 amide bonds. The number of benzene rings is 1. The number of rotatable bonds is 4. The number of carbonyl (C=O) groups is 2. The van der Waals surface area contributed by atoms with Crippen molar-refractivity contribution in [3.63, 3.8) is 0 Å². The first-order valence-electron chi connectivity index (χ1n) is 9.58. The summed E-state index contributed by atoms with van der Waals surface area (Å²) in [6.45, 7) is 5.00. The highest BCUT2D eigenvalue weighted by atomic mass is 16.3. The lowest BCUT2D eigenvalue weighted by atomic mass is 10.1. The van der Waals surface area contributed by atoms with E-state index < -0.39 is 0 Å². The zero-order valence-corrected chi connectivity index (χ0v) is 15.4. The van der Waals surface area contributed by atoms with Gasteiger partial charge >= 0.3 is 0 Å². The third kappa shape index (κ3) is 4.06. The van der Waals surface area contributed by atoms with Crippen LogP contribution in [0.3, 0.4) is 0 Å². The van der Waals surface area contributed by atoms with Crippen LogP contribution in [0.5, 0.6) is 0 Å². The molecule has 3 heterocycles. The first-order chi connectivity index (χ1) is 13.2. The summed E-state index contributed by atoms with van der Waals surface area (Å²) in [5, 5.41) is 0. The number of carbonyl (C=O) groups excluding carboxylic acids is 2. The number of furan rings is 1. The monoisotopic (exact) mass is 367 g/mol. The van der Waals surface area contributed by atoms with E-state index in [-0.39, 0.29) is 17.7 Å². The summed E-state index contributed by atoms with van der Waals surface area (Å²) in [4.78, 5) is 31.3. The van der Waals surface area contributed by atoms with Crippen molar-refractivity contribution >= 4 is 11.8 Å². The lowest BCUT2D eigenvalue weighted by Gasteiger charge is -2.35. The second-order valence-corrected chi connectivity index (χ2v) is 7.30. The molecular formula is C21H25N3O3. The summed E-state index contributed by atoms with van der Waals surface area (Å²) < 4.78 is 5.19. The number of piperazine rings is 1. The van der Waals surface area contributed by atoms with Gasteiger partial charge in [-0.05, 0) is 30.7 Å². The molecule has 0 saturated carbocycles. The largest absolute Gasteiger partial charge is 0.459 e. The Morgan fingerprint density at radius 2 is 1.67 bits per heavy atom. The zero-order chi connectivity index (χ0) is 18.6. The number of hydrogen-bond acceptors (Lipinski definition) is 4. The predicted octanol–water partition coefficient (Wildman–Crippen LogP) is 2.09.